The molecule has 0 fully saturated rings. The molecular formula is C25H21N5O3. The Bertz CT molecular complexity index is 1290. The third-order valence-electron chi connectivity index (χ3n) is 5.44. The molecular weight excluding hydrogens is 418 g/mol. The predicted molar refractivity (Wildman–Crippen MR) is 121 cm³/mol. The molecule has 0 amide bonds. The van der Waals surface area contributed by atoms with E-state index in [1.165, 1.54) is 0 Å². The number of fused-ring (bicyclic) bond motifs is 1. The number of aromatic nitrogens is 4. The molecule has 1 aliphatic heterocycles. The Morgan fingerprint density at radius 2 is 1.67 bits per heavy atom. The van der Waals surface area contributed by atoms with Crippen LogP contribution in [0.4, 0.5) is 5.95 Å². The zero-order chi connectivity index (χ0) is 22.6. The molecule has 8 heteroatoms. The summed E-state index contributed by atoms with van der Waals surface area (Å²) in [5.74, 6) is 0.638. The van der Waals surface area contributed by atoms with Gasteiger partial charge in [0.2, 0.25) is 0 Å². The van der Waals surface area contributed by atoms with E-state index < -0.39 is 12.0 Å². The van der Waals surface area contributed by atoms with Gasteiger partial charge >= 0.3 is 5.97 Å². The number of nitrogens with zero attached hydrogens (tertiary/aromatic N) is 5. The third-order valence-corrected chi connectivity index (χ3v) is 5.44. The first-order valence-corrected chi connectivity index (χ1v) is 10.6. The summed E-state index contributed by atoms with van der Waals surface area (Å²) in [6.45, 7) is 1.97. The Hall–Kier alpha value is -4.33. The maximum Gasteiger partial charge on any atom is 0.317 e. The van der Waals surface area contributed by atoms with Crippen LogP contribution in [0.1, 0.15) is 24.1 Å². The molecule has 4 aromatic rings. The lowest BCUT2D eigenvalue weighted by atomic mass is 9.88. The molecule has 2 heterocycles. The van der Waals surface area contributed by atoms with E-state index in [2.05, 4.69) is 20.5 Å². The number of benzene rings is 3. The molecule has 33 heavy (non-hydrogen) atoms. The molecule has 164 valence electrons. The normalized spacial score (nSPS) is 17.1. The highest BCUT2D eigenvalue weighted by Gasteiger charge is 2.40. The third kappa shape index (κ3) is 4.36. The summed E-state index contributed by atoms with van der Waals surface area (Å²) in [6.07, 6.45) is 0. The van der Waals surface area contributed by atoms with Crippen molar-refractivity contribution in [1.82, 2.24) is 20.2 Å². The minimum Gasteiger partial charge on any atom is -0.460 e. The van der Waals surface area contributed by atoms with Crippen molar-refractivity contribution >= 4 is 17.6 Å². The van der Waals surface area contributed by atoms with Crippen molar-refractivity contribution in [2.45, 2.75) is 19.6 Å². The first-order valence-electron chi connectivity index (χ1n) is 10.6. The highest BCUT2D eigenvalue weighted by Crippen LogP contribution is 2.37. The summed E-state index contributed by atoms with van der Waals surface area (Å²) in [4.78, 5) is 17.7. The van der Waals surface area contributed by atoms with Crippen LogP contribution in [0.3, 0.4) is 0 Å². The van der Waals surface area contributed by atoms with E-state index >= 15 is 0 Å². The fraction of sp³-hybridized carbons (Fsp3) is 0.160. The lowest BCUT2D eigenvalue weighted by molar-refractivity contribution is -0.148. The molecule has 1 aliphatic rings. The number of aliphatic imine (C=N–C) groups is 1. The summed E-state index contributed by atoms with van der Waals surface area (Å²) in [7, 11) is 0. The Balaban J connectivity index is 1.46. The minimum atomic E-state index is -0.684. The molecule has 0 radical (unpaired) electrons. The van der Waals surface area contributed by atoms with Crippen molar-refractivity contribution in [3.63, 3.8) is 0 Å². The SMILES string of the molecule is CC1=Nc2nnnn2C(c2cccc(Oc3ccccc3)c2)C1C(=O)OCc1ccccc1. The predicted octanol–water partition coefficient (Wildman–Crippen LogP) is 4.52. The summed E-state index contributed by atoms with van der Waals surface area (Å²) in [6, 6.07) is 26.1. The van der Waals surface area contributed by atoms with Crippen LogP contribution in [0.15, 0.2) is 89.9 Å². The molecule has 1 aromatic heterocycles. The lowest BCUT2D eigenvalue weighted by Gasteiger charge is -2.29. The van der Waals surface area contributed by atoms with Gasteiger partial charge in [-0.05, 0) is 52.7 Å². The van der Waals surface area contributed by atoms with Gasteiger partial charge in [-0.25, -0.2) is 9.67 Å². The number of ether oxygens (including phenoxy) is 2. The number of tetrazole rings is 1. The molecule has 5 rings (SSSR count). The van der Waals surface area contributed by atoms with Crippen LogP contribution in [0.25, 0.3) is 0 Å². The van der Waals surface area contributed by atoms with Gasteiger partial charge in [-0.2, -0.15) is 0 Å². The van der Waals surface area contributed by atoms with Gasteiger partial charge in [-0.3, -0.25) is 4.79 Å². The van der Waals surface area contributed by atoms with Crippen molar-refractivity contribution in [3.8, 4) is 11.5 Å². The number of rotatable bonds is 6. The first kappa shape index (κ1) is 20.6. The summed E-state index contributed by atoms with van der Waals surface area (Å²) in [5, 5.41) is 11.9. The van der Waals surface area contributed by atoms with Crippen molar-refractivity contribution in [2.75, 3.05) is 0 Å². The van der Waals surface area contributed by atoms with E-state index in [1.54, 1.807) is 11.6 Å². The zero-order valence-corrected chi connectivity index (χ0v) is 17.9. The molecule has 2 unspecified atom stereocenters. The van der Waals surface area contributed by atoms with E-state index in [0.29, 0.717) is 17.4 Å². The monoisotopic (exact) mass is 439 g/mol. The van der Waals surface area contributed by atoms with E-state index in [-0.39, 0.29) is 12.6 Å². The maximum atomic E-state index is 13.3. The molecule has 0 saturated heterocycles. The highest BCUT2D eigenvalue weighted by molar-refractivity contribution is 6.03. The molecule has 0 N–H and O–H groups in total. The number of esters is 1. The maximum absolute atomic E-state index is 13.3. The quantitative estimate of drug-likeness (QED) is 0.410. The fourth-order valence-electron chi connectivity index (χ4n) is 3.88. The number of hydrogen-bond donors (Lipinski definition) is 0. The molecule has 3 aromatic carbocycles. The van der Waals surface area contributed by atoms with Gasteiger partial charge in [0.15, 0.2) is 0 Å². The van der Waals surface area contributed by atoms with Crippen LogP contribution in [0.2, 0.25) is 0 Å². The Morgan fingerprint density at radius 1 is 0.939 bits per heavy atom. The largest absolute Gasteiger partial charge is 0.460 e. The lowest BCUT2D eigenvalue weighted by Crippen LogP contribution is -2.37. The summed E-state index contributed by atoms with van der Waals surface area (Å²) < 4.78 is 13.2. The summed E-state index contributed by atoms with van der Waals surface area (Å²) >= 11 is 0. The molecule has 0 spiro atoms. The van der Waals surface area contributed by atoms with Crippen molar-refractivity contribution < 1.29 is 14.3 Å². The Morgan fingerprint density at radius 3 is 2.45 bits per heavy atom. The number of carbonyl (C=O) groups excluding carboxylic acids is 1. The second-order valence-corrected chi connectivity index (χ2v) is 7.68. The van der Waals surface area contributed by atoms with Gasteiger partial charge in [0.1, 0.15) is 30.1 Å². The van der Waals surface area contributed by atoms with Gasteiger partial charge in [0.25, 0.3) is 5.95 Å². The average Bonchev–Trinajstić information content (AvgIpc) is 3.31. The number of carbonyl (C=O) groups is 1. The minimum absolute atomic E-state index is 0.176. The van der Waals surface area contributed by atoms with E-state index in [0.717, 1.165) is 16.9 Å². The molecule has 0 aliphatic carbocycles. The van der Waals surface area contributed by atoms with Gasteiger partial charge < -0.3 is 9.47 Å². The fourth-order valence-corrected chi connectivity index (χ4v) is 3.88. The highest BCUT2D eigenvalue weighted by atomic mass is 16.5. The van der Waals surface area contributed by atoms with Crippen LogP contribution in [-0.2, 0) is 16.1 Å². The molecule has 2 atom stereocenters. The van der Waals surface area contributed by atoms with Gasteiger partial charge in [-0.15, -0.1) is 0 Å². The van der Waals surface area contributed by atoms with Crippen molar-refractivity contribution in [3.05, 3.63) is 96.1 Å². The van der Waals surface area contributed by atoms with Crippen molar-refractivity contribution in [2.24, 2.45) is 10.9 Å². The van der Waals surface area contributed by atoms with Gasteiger partial charge in [-0.1, -0.05) is 65.8 Å². The second-order valence-electron chi connectivity index (χ2n) is 7.68. The van der Waals surface area contributed by atoms with Crippen LogP contribution in [0, 0.1) is 5.92 Å². The smallest absolute Gasteiger partial charge is 0.317 e. The Kier molecular flexibility index (Phi) is 5.63. The zero-order valence-electron chi connectivity index (χ0n) is 17.9. The van der Waals surface area contributed by atoms with Crippen LogP contribution >= 0.6 is 0 Å². The van der Waals surface area contributed by atoms with E-state index in [4.69, 9.17) is 9.47 Å². The summed E-state index contributed by atoms with van der Waals surface area (Å²) in [5.41, 5.74) is 2.32. The number of hydrogen-bond acceptors (Lipinski definition) is 7. The molecule has 0 bridgehead atoms. The Labute approximate surface area is 190 Å². The van der Waals surface area contributed by atoms with Gasteiger partial charge in [0, 0.05) is 5.71 Å². The van der Waals surface area contributed by atoms with Crippen LogP contribution < -0.4 is 4.74 Å². The topological polar surface area (TPSA) is 91.5 Å². The average molecular weight is 439 g/mol. The van der Waals surface area contributed by atoms with Crippen LogP contribution in [-0.4, -0.2) is 31.9 Å². The van der Waals surface area contributed by atoms with Crippen molar-refractivity contribution in [1.29, 1.82) is 0 Å². The van der Waals surface area contributed by atoms with Gasteiger partial charge in [0.05, 0.1) is 0 Å². The standard InChI is InChI=1S/C25H21N5O3/c1-17-22(24(31)32-16-18-9-4-2-5-10-18)23(30-25(26-17)27-28-29-30)19-11-8-14-21(15-19)33-20-12-6-3-7-13-20/h2-15,22-23H,16H2,1H3. The number of para-hydroxylation sites is 1. The van der Waals surface area contributed by atoms with E-state index in [9.17, 15) is 4.79 Å². The molecule has 8 nitrogen and oxygen atoms in total. The van der Waals surface area contributed by atoms with Crippen LogP contribution in [0.5, 0.6) is 11.5 Å². The van der Waals surface area contributed by atoms with E-state index in [1.807, 2.05) is 84.9 Å². The first-order chi connectivity index (χ1) is 16.2. The molecule has 0 saturated carbocycles. The second kappa shape index (κ2) is 9.04.